The molecule has 2 aromatic carbocycles. The molecule has 0 bridgehead atoms. The Kier molecular flexibility index (Phi) is 3.45. The van der Waals surface area contributed by atoms with Crippen LogP contribution in [0.1, 0.15) is 17.5 Å². The zero-order chi connectivity index (χ0) is 14.7. The maximum atomic E-state index is 12.3. The van der Waals surface area contributed by atoms with Crippen molar-refractivity contribution in [3.63, 3.8) is 0 Å². The van der Waals surface area contributed by atoms with Crippen molar-refractivity contribution < 1.29 is 4.79 Å². The number of nitrogens with zero attached hydrogens (tertiary/aromatic N) is 1. The average Bonchev–Trinajstić information content (AvgIpc) is 2.98. The van der Waals surface area contributed by atoms with Crippen LogP contribution in [0.4, 0.5) is 0 Å². The second-order valence-electron chi connectivity index (χ2n) is 5.28. The van der Waals surface area contributed by atoms with Gasteiger partial charge in [-0.3, -0.25) is 4.79 Å². The molecule has 0 aromatic heterocycles. The Morgan fingerprint density at radius 3 is 1.90 bits per heavy atom. The molecule has 3 rings (SSSR count). The van der Waals surface area contributed by atoms with Crippen LogP contribution in [0.3, 0.4) is 0 Å². The van der Waals surface area contributed by atoms with Crippen molar-refractivity contribution in [1.82, 2.24) is 5.32 Å². The monoisotopic (exact) mass is 276 g/mol. The summed E-state index contributed by atoms with van der Waals surface area (Å²) in [5, 5.41) is 12.9. The molecule has 1 saturated heterocycles. The molecular weight excluding hydrogens is 260 g/mol. The van der Waals surface area contributed by atoms with Crippen molar-refractivity contribution in [1.29, 1.82) is 5.26 Å². The minimum absolute atomic E-state index is 0.0377. The van der Waals surface area contributed by atoms with Gasteiger partial charge in [-0.25, -0.2) is 0 Å². The molecule has 1 atom stereocenters. The summed E-state index contributed by atoms with van der Waals surface area (Å²) in [5.41, 5.74) is 0.824. The summed E-state index contributed by atoms with van der Waals surface area (Å²) in [7, 11) is 0. The number of nitrogens with one attached hydrogen (secondary N) is 1. The largest absolute Gasteiger partial charge is 0.356 e. The van der Waals surface area contributed by atoms with Crippen LogP contribution in [-0.4, -0.2) is 12.5 Å². The highest BCUT2D eigenvalue weighted by Gasteiger charge is 2.48. The number of carbonyl (C=O) groups excluding carboxylic acids is 1. The van der Waals surface area contributed by atoms with E-state index in [2.05, 4.69) is 11.4 Å². The molecule has 2 aromatic rings. The zero-order valence-corrected chi connectivity index (χ0v) is 11.6. The molecule has 104 valence electrons. The number of hydrogen-bond donors (Lipinski definition) is 1. The number of nitriles is 1. The Balaban J connectivity index is 2.24. The van der Waals surface area contributed by atoms with Gasteiger partial charge in [-0.1, -0.05) is 60.7 Å². The van der Waals surface area contributed by atoms with E-state index in [9.17, 15) is 10.1 Å². The lowest BCUT2D eigenvalue weighted by atomic mass is 9.66. The molecule has 0 saturated carbocycles. The molecule has 1 fully saturated rings. The first-order valence-electron chi connectivity index (χ1n) is 7.09. The number of rotatable bonds is 3. The molecule has 1 amide bonds. The van der Waals surface area contributed by atoms with E-state index >= 15 is 0 Å². The third-order valence-corrected chi connectivity index (χ3v) is 4.21. The number of carbonyl (C=O) groups is 1. The Bertz CT molecular complexity index is 634. The van der Waals surface area contributed by atoms with Gasteiger partial charge in [0.1, 0.15) is 5.41 Å². The van der Waals surface area contributed by atoms with Gasteiger partial charge in [0.05, 0.1) is 12.0 Å². The summed E-state index contributed by atoms with van der Waals surface area (Å²) in [6.07, 6.45) is 0.677. The number of amides is 1. The van der Waals surface area contributed by atoms with Crippen LogP contribution < -0.4 is 5.32 Å². The van der Waals surface area contributed by atoms with E-state index in [1.165, 1.54) is 0 Å². The Morgan fingerprint density at radius 1 is 1.00 bits per heavy atom. The first-order chi connectivity index (χ1) is 10.3. The van der Waals surface area contributed by atoms with Crippen LogP contribution in [0.5, 0.6) is 0 Å². The summed E-state index contributed by atoms with van der Waals surface area (Å²) in [5.74, 6) is -0.392. The molecule has 0 radical (unpaired) electrons. The van der Waals surface area contributed by atoms with Gasteiger partial charge in [0, 0.05) is 6.54 Å². The molecule has 1 N–H and O–H groups in total. The predicted octanol–water partition coefficient (Wildman–Crippen LogP) is 2.63. The topological polar surface area (TPSA) is 52.9 Å². The van der Waals surface area contributed by atoms with Gasteiger partial charge in [-0.2, -0.15) is 5.26 Å². The van der Waals surface area contributed by atoms with Crippen LogP contribution in [0, 0.1) is 17.2 Å². The van der Waals surface area contributed by atoms with Crippen molar-refractivity contribution in [2.24, 2.45) is 5.92 Å². The van der Waals surface area contributed by atoms with Crippen LogP contribution in [-0.2, 0) is 10.2 Å². The quantitative estimate of drug-likeness (QED) is 0.937. The van der Waals surface area contributed by atoms with Crippen molar-refractivity contribution >= 4 is 5.91 Å². The third-order valence-electron chi connectivity index (χ3n) is 4.21. The van der Waals surface area contributed by atoms with E-state index in [0.717, 1.165) is 11.1 Å². The molecule has 1 heterocycles. The maximum Gasteiger partial charge on any atom is 0.225 e. The summed E-state index contributed by atoms with van der Waals surface area (Å²) in [4.78, 5) is 12.3. The fourth-order valence-electron chi connectivity index (χ4n) is 3.19. The zero-order valence-electron chi connectivity index (χ0n) is 11.6. The van der Waals surface area contributed by atoms with Gasteiger partial charge in [0.2, 0.25) is 5.91 Å². The van der Waals surface area contributed by atoms with E-state index in [1.807, 2.05) is 60.7 Å². The SMILES string of the molecule is N#CC(c1ccccc1)(c1ccccc1)[C@@H]1CCNC1=O. The van der Waals surface area contributed by atoms with Gasteiger partial charge in [-0.15, -0.1) is 0 Å². The highest BCUT2D eigenvalue weighted by atomic mass is 16.2. The highest BCUT2D eigenvalue weighted by molar-refractivity contribution is 5.84. The van der Waals surface area contributed by atoms with Crippen molar-refractivity contribution in [3.05, 3.63) is 71.8 Å². The average molecular weight is 276 g/mol. The van der Waals surface area contributed by atoms with Gasteiger partial charge in [0.25, 0.3) is 0 Å². The van der Waals surface area contributed by atoms with Crippen LogP contribution in [0.2, 0.25) is 0 Å². The lowest BCUT2D eigenvalue weighted by molar-refractivity contribution is -0.123. The first-order valence-corrected chi connectivity index (χ1v) is 7.09. The van der Waals surface area contributed by atoms with Gasteiger partial charge >= 0.3 is 0 Å². The van der Waals surface area contributed by atoms with Crippen molar-refractivity contribution in [2.75, 3.05) is 6.54 Å². The Labute approximate surface area is 124 Å². The summed E-state index contributed by atoms with van der Waals surface area (Å²) in [6.45, 7) is 0.632. The van der Waals surface area contributed by atoms with Gasteiger partial charge in [0.15, 0.2) is 0 Å². The predicted molar refractivity (Wildman–Crippen MR) is 80.4 cm³/mol. The summed E-state index contributed by atoms with van der Waals surface area (Å²) in [6, 6.07) is 21.7. The van der Waals surface area contributed by atoms with Crippen LogP contribution >= 0.6 is 0 Å². The minimum atomic E-state index is -0.927. The lowest BCUT2D eigenvalue weighted by Crippen LogP contribution is -2.39. The standard InChI is InChI=1S/C18H16N2O/c19-13-18(14-7-3-1-4-8-14,15-9-5-2-6-10-15)16-11-12-20-17(16)21/h1-10,16H,11-12H2,(H,20,21)/t16-/m1/s1. The van der Waals surface area contributed by atoms with Crippen LogP contribution in [0.25, 0.3) is 0 Å². The molecule has 1 aliphatic heterocycles. The fraction of sp³-hybridized carbons (Fsp3) is 0.222. The van der Waals surface area contributed by atoms with E-state index in [4.69, 9.17) is 0 Å². The number of hydrogen-bond acceptors (Lipinski definition) is 2. The van der Waals surface area contributed by atoms with E-state index in [1.54, 1.807) is 0 Å². The van der Waals surface area contributed by atoms with E-state index in [0.29, 0.717) is 13.0 Å². The summed E-state index contributed by atoms with van der Waals surface area (Å²) >= 11 is 0. The normalized spacial score (nSPS) is 18.0. The van der Waals surface area contributed by atoms with E-state index in [-0.39, 0.29) is 11.8 Å². The molecule has 0 spiro atoms. The Hall–Kier alpha value is -2.60. The maximum absolute atomic E-state index is 12.3. The molecule has 0 unspecified atom stereocenters. The van der Waals surface area contributed by atoms with Crippen molar-refractivity contribution in [3.8, 4) is 6.07 Å². The molecule has 3 nitrogen and oxygen atoms in total. The molecule has 21 heavy (non-hydrogen) atoms. The molecular formula is C18H16N2O. The Morgan fingerprint density at radius 2 is 1.52 bits per heavy atom. The third kappa shape index (κ3) is 2.09. The molecule has 3 heteroatoms. The fourth-order valence-corrected chi connectivity index (χ4v) is 3.19. The smallest absolute Gasteiger partial charge is 0.225 e. The van der Waals surface area contributed by atoms with Gasteiger partial charge < -0.3 is 5.32 Å². The lowest BCUT2D eigenvalue weighted by Gasteiger charge is -2.32. The van der Waals surface area contributed by atoms with Crippen molar-refractivity contribution in [2.45, 2.75) is 11.8 Å². The highest BCUT2D eigenvalue weighted by Crippen LogP contribution is 2.41. The molecule has 1 aliphatic rings. The summed E-state index contributed by atoms with van der Waals surface area (Å²) < 4.78 is 0. The van der Waals surface area contributed by atoms with Crippen LogP contribution in [0.15, 0.2) is 60.7 Å². The second kappa shape index (κ2) is 5.41. The number of benzene rings is 2. The molecule has 0 aliphatic carbocycles. The van der Waals surface area contributed by atoms with E-state index < -0.39 is 5.41 Å². The van der Waals surface area contributed by atoms with Gasteiger partial charge in [-0.05, 0) is 17.5 Å². The first kappa shape index (κ1) is 13.4. The second-order valence-corrected chi connectivity index (χ2v) is 5.28. The minimum Gasteiger partial charge on any atom is -0.356 e.